The zero-order valence-electron chi connectivity index (χ0n) is 9.61. The first-order valence-electron chi connectivity index (χ1n) is 6.22. The van der Waals surface area contributed by atoms with E-state index in [4.69, 9.17) is 10.5 Å². The van der Waals surface area contributed by atoms with Crippen LogP contribution in [-0.4, -0.2) is 24.6 Å². The first kappa shape index (κ1) is 10.9. The van der Waals surface area contributed by atoms with Crippen LogP contribution in [0, 0.1) is 5.92 Å². The van der Waals surface area contributed by atoms with Crippen LogP contribution in [0.3, 0.4) is 0 Å². The van der Waals surface area contributed by atoms with Crippen LogP contribution in [0.15, 0.2) is 4.99 Å². The molecule has 0 spiro atoms. The molecule has 2 rings (SSSR count). The molecule has 0 aromatic carbocycles. The summed E-state index contributed by atoms with van der Waals surface area (Å²) in [6, 6.07) is 0.244. The minimum atomic E-state index is 0.244. The van der Waals surface area contributed by atoms with Crippen molar-refractivity contribution < 1.29 is 4.74 Å². The lowest BCUT2D eigenvalue weighted by Gasteiger charge is -2.17. The fourth-order valence-corrected chi connectivity index (χ4v) is 2.63. The number of aliphatic imine (C=N–C) groups is 1. The Labute approximate surface area is 92.1 Å². The summed E-state index contributed by atoms with van der Waals surface area (Å²) in [5.74, 6) is 1.42. The monoisotopic (exact) mass is 210 g/mol. The van der Waals surface area contributed by atoms with Gasteiger partial charge in [-0.25, -0.2) is 0 Å². The summed E-state index contributed by atoms with van der Waals surface area (Å²) in [6.07, 6.45) is 7.71. The molecule has 1 saturated carbocycles. The number of rotatable bonds is 3. The normalized spacial score (nSPS) is 31.0. The molecule has 2 N–H and O–H groups in total. The van der Waals surface area contributed by atoms with Crippen LogP contribution in [0.4, 0.5) is 0 Å². The smallest absolute Gasteiger partial charge is 0.0972 e. The van der Waals surface area contributed by atoms with E-state index in [1.807, 2.05) is 0 Å². The van der Waals surface area contributed by atoms with Crippen LogP contribution < -0.4 is 5.73 Å². The molecule has 1 heterocycles. The lowest BCUT2D eigenvalue weighted by Crippen LogP contribution is -2.28. The molecule has 3 nitrogen and oxygen atoms in total. The Kier molecular flexibility index (Phi) is 3.62. The third-order valence-electron chi connectivity index (χ3n) is 3.63. The number of amidine groups is 1. The van der Waals surface area contributed by atoms with Crippen molar-refractivity contribution in [2.24, 2.45) is 16.6 Å². The van der Waals surface area contributed by atoms with Gasteiger partial charge in [0.1, 0.15) is 0 Å². The van der Waals surface area contributed by atoms with Gasteiger partial charge in [-0.3, -0.25) is 4.99 Å². The summed E-state index contributed by atoms with van der Waals surface area (Å²) in [5, 5.41) is 0. The van der Waals surface area contributed by atoms with E-state index in [1.165, 1.54) is 32.1 Å². The standard InChI is InChI=1S/C12H22N2O/c1-9(11-7-4-8-15-11)14-12(13)10-5-2-3-6-10/h9-11H,2-8H2,1H3,(H2,13,14). The van der Waals surface area contributed by atoms with Gasteiger partial charge in [-0.05, 0) is 32.6 Å². The van der Waals surface area contributed by atoms with E-state index >= 15 is 0 Å². The molecular formula is C12H22N2O. The molecule has 3 heteroatoms. The quantitative estimate of drug-likeness (QED) is 0.573. The molecule has 2 atom stereocenters. The van der Waals surface area contributed by atoms with Crippen molar-refractivity contribution in [2.45, 2.75) is 57.6 Å². The number of hydrogen-bond acceptors (Lipinski definition) is 2. The Morgan fingerprint density at radius 2 is 2.00 bits per heavy atom. The Hall–Kier alpha value is -0.570. The highest BCUT2D eigenvalue weighted by atomic mass is 16.5. The summed E-state index contributed by atoms with van der Waals surface area (Å²) in [7, 11) is 0. The Balaban J connectivity index is 1.89. The third-order valence-corrected chi connectivity index (χ3v) is 3.63. The molecule has 15 heavy (non-hydrogen) atoms. The predicted octanol–water partition coefficient (Wildman–Crippen LogP) is 2.10. The Morgan fingerprint density at radius 1 is 1.27 bits per heavy atom. The van der Waals surface area contributed by atoms with E-state index < -0.39 is 0 Å². The maximum atomic E-state index is 6.04. The van der Waals surface area contributed by atoms with Crippen LogP contribution in [-0.2, 0) is 4.74 Å². The number of nitrogens with zero attached hydrogens (tertiary/aromatic N) is 1. The van der Waals surface area contributed by atoms with Crippen LogP contribution in [0.25, 0.3) is 0 Å². The second kappa shape index (κ2) is 4.97. The molecule has 1 saturated heterocycles. The van der Waals surface area contributed by atoms with Crippen molar-refractivity contribution in [3.8, 4) is 0 Å². The highest BCUT2D eigenvalue weighted by Gasteiger charge is 2.24. The molecule has 0 aromatic rings. The molecular weight excluding hydrogens is 188 g/mol. The average Bonchev–Trinajstić information content (AvgIpc) is 2.91. The van der Waals surface area contributed by atoms with E-state index in [1.54, 1.807) is 0 Å². The van der Waals surface area contributed by atoms with Crippen molar-refractivity contribution in [3.05, 3.63) is 0 Å². The summed E-state index contributed by atoms with van der Waals surface area (Å²) >= 11 is 0. The predicted molar refractivity (Wildman–Crippen MR) is 62.0 cm³/mol. The van der Waals surface area contributed by atoms with Crippen LogP contribution in [0.2, 0.25) is 0 Å². The summed E-state index contributed by atoms with van der Waals surface area (Å²) in [5.41, 5.74) is 6.04. The highest BCUT2D eigenvalue weighted by Crippen LogP contribution is 2.25. The molecule has 2 aliphatic rings. The average molecular weight is 210 g/mol. The molecule has 1 aliphatic heterocycles. The molecule has 0 aromatic heterocycles. The van der Waals surface area contributed by atoms with E-state index in [0.29, 0.717) is 12.0 Å². The second-order valence-electron chi connectivity index (χ2n) is 4.83. The zero-order chi connectivity index (χ0) is 10.7. The van der Waals surface area contributed by atoms with E-state index in [2.05, 4.69) is 11.9 Å². The van der Waals surface area contributed by atoms with Gasteiger partial charge in [0.2, 0.25) is 0 Å². The first-order chi connectivity index (χ1) is 7.27. The van der Waals surface area contributed by atoms with Crippen LogP contribution >= 0.6 is 0 Å². The van der Waals surface area contributed by atoms with Crippen molar-refractivity contribution >= 4 is 5.84 Å². The van der Waals surface area contributed by atoms with Crippen molar-refractivity contribution in [1.82, 2.24) is 0 Å². The van der Waals surface area contributed by atoms with Gasteiger partial charge in [0, 0.05) is 12.5 Å². The maximum absolute atomic E-state index is 6.04. The van der Waals surface area contributed by atoms with Crippen molar-refractivity contribution in [3.63, 3.8) is 0 Å². The Morgan fingerprint density at radius 3 is 2.60 bits per heavy atom. The summed E-state index contributed by atoms with van der Waals surface area (Å²) in [4.78, 5) is 4.61. The summed E-state index contributed by atoms with van der Waals surface area (Å²) in [6.45, 7) is 3.02. The highest BCUT2D eigenvalue weighted by molar-refractivity contribution is 5.83. The van der Waals surface area contributed by atoms with Gasteiger partial charge >= 0.3 is 0 Å². The van der Waals surface area contributed by atoms with Gasteiger partial charge in [-0.1, -0.05) is 12.8 Å². The van der Waals surface area contributed by atoms with E-state index in [0.717, 1.165) is 18.9 Å². The number of hydrogen-bond donors (Lipinski definition) is 1. The number of nitrogens with two attached hydrogens (primary N) is 1. The van der Waals surface area contributed by atoms with Gasteiger partial charge in [0.05, 0.1) is 18.0 Å². The summed E-state index contributed by atoms with van der Waals surface area (Å²) < 4.78 is 5.62. The van der Waals surface area contributed by atoms with E-state index in [-0.39, 0.29) is 6.04 Å². The fourth-order valence-electron chi connectivity index (χ4n) is 2.63. The van der Waals surface area contributed by atoms with Gasteiger partial charge < -0.3 is 10.5 Å². The first-order valence-corrected chi connectivity index (χ1v) is 6.22. The van der Waals surface area contributed by atoms with Gasteiger partial charge in [0.25, 0.3) is 0 Å². The minimum absolute atomic E-state index is 0.244. The maximum Gasteiger partial charge on any atom is 0.0972 e. The van der Waals surface area contributed by atoms with Gasteiger partial charge in [-0.2, -0.15) is 0 Å². The molecule has 0 amide bonds. The number of ether oxygens (including phenoxy) is 1. The van der Waals surface area contributed by atoms with Crippen LogP contribution in [0.1, 0.15) is 45.4 Å². The van der Waals surface area contributed by atoms with Crippen molar-refractivity contribution in [1.29, 1.82) is 0 Å². The minimum Gasteiger partial charge on any atom is -0.387 e. The topological polar surface area (TPSA) is 47.6 Å². The zero-order valence-corrected chi connectivity index (χ0v) is 9.61. The molecule has 1 aliphatic carbocycles. The lowest BCUT2D eigenvalue weighted by atomic mass is 10.1. The molecule has 86 valence electrons. The fraction of sp³-hybridized carbons (Fsp3) is 0.917. The van der Waals surface area contributed by atoms with Crippen LogP contribution in [0.5, 0.6) is 0 Å². The van der Waals surface area contributed by atoms with E-state index in [9.17, 15) is 0 Å². The molecule has 2 unspecified atom stereocenters. The van der Waals surface area contributed by atoms with Crippen molar-refractivity contribution in [2.75, 3.05) is 6.61 Å². The van der Waals surface area contributed by atoms with Gasteiger partial charge in [0.15, 0.2) is 0 Å². The van der Waals surface area contributed by atoms with Gasteiger partial charge in [-0.15, -0.1) is 0 Å². The largest absolute Gasteiger partial charge is 0.387 e. The SMILES string of the molecule is CC(N=C(N)C1CCCC1)C1CCCO1. The lowest BCUT2D eigenvalue weighted by molar-refractivity contribution is 0.0951. The Bertz CT molecular complexity index is 228. The third kappa shape index (κ3) is 2.71. The molecule has 2 fully saturated rings. The molecule has 0 radical (unpaired) electrons. The second-order valence-corrected chi connectivity index (χ2v) is 4.83. The molecule has 0 bridgehead atoms.